The summed E-state index contributed by atoms with van der Waals surface area (Å²) in [7, 11) is -2.08. The molecule has 10 heteroatoms. The summed E-state index contributed by atoms with van der Waals surface area (Å²) >= 11 is 0. The molecule has 2 rings (SSSR count). The van der Waals surface area contributed by atoms with Crippen LogP contribution in [0.25, 0.3) is 0 Å². The van der Waals surface area contributed by atoms with Gasteiger partial charge >= 0.3 is 0 Å². The SMILES string of the molecule is CCOc1ccc(NC(=O)CNCCOC)cc1S(=O)(=O)N1CCCCC1.Cl. The van der Waals surface area contributed by atoms with Crippen LogP contribution in [0.1, 0.15) is 26.2 Å². The molecule has 1 aromatic rings. The number of ether oxygens (including phenoxy) is 2. The quantitative estimate of drug-likeness (QED) is 0.544. The average molecular weight is 436 g/mol. The van der Waals surface area contributed by atoms with Crippen LogP contribution >= 0.6 is 12.4 Å². The van der Waals surface area contributed by atoms with Gasteiger partial charge in [-0.3, -0.25) is 4.79 Å². The number of piperidine rings is 1. The zero-order valence-electron chi connectivity index (χ0n) is 16.4. The smallest absolute Gasteiger partial charge is 0.246 e. The minimum Gasteiger partial charge on any atom is -0.492 e. The average Bonchev–Trinajstić information content (AvgIpc) is 2.67. The van der Waals surface area contributed by atoms with Gasteiger partial charge in [-0.2, -0.15) is 4.31 Å². The summed E-state index contributed by atoms with van der Waals surface area (Å²) in [6, 6.07) is 4.71. The molecule has 0 saturated carbocycles. The van der Waals surface area contributed by atoms with Crippen LogP contribution in [0, 0.1) is 0 Å². The Morgan fingerprint density at radius 3 is 2.57 bits per heavy atom. The highest BCUT2D eigenvalue weighted by atomic mass is 35.5. The fraction of sp³-hybridized carbons (Fsp3) is 0.611. The predicted octanol–water partition coefficient (Wildman–Crippen LogP) is 1.86. The maximum atomic E-state index is 13.1. The summed E-state index contributed by atoms with van der Waals surface area (Å²) in [4.78, 5) is 12.1. The first-order valence-corrected chi connectivity index (χ1v) is 10.7. The van der Waals surface area contributed by atoms with Gasteiger partial charge in [0.1, 0.15) is 10.6 Å². The Hall–Kier alpha value is -1.39. The first kappa shape index (κ1) is 24.6. The van der Waals surface area contributed by atoms with Crippen molar-refractivity contribution < 1.29 is 22.7 Å². The second-order valence-corrected chi connectivity index (χ2v) is 8.18. The highest BCUT2D eigenvalue weighted by Crippen LogP contribution is 2.31. The fourth-order valence-electron chi connectivity index (χ4n) is 2.89. The van der Waals surface area contributed by atoms with Gasteiger partial charge in [0.2, 0.25) is 15.9 Å². The van der Waals surface area contributed by atoms with Crippen molar-refractivity contribution in [3.8, 4) is 5.75 Å². The third kappa shape index (κ3) is 6.89. The highest BCUT2D eigenvalue weighted by Gasteiger charge is 2.29. The van der Waals surface area contributed by atoms with Crippen LogP contribution in [0.15, 0.2) is 23.1 Å². The van der Waals surface area contributed by atoms with E-state index >= 15 is 0 Å². The monoisotopic (exact) mass is 435 g/mol. The van der Waals surface area contributed by atoms with Gasteiger partial charge in [-0.25, -0.2) is 8.42 Å². The van der Waals surface area contributed by atoms with Gasteiger partial charge in [-0.15, -0.1) is 12.4 Å². The highest BCUT2D eigenvalue weighted by molar-refractivity contribution is 7.89. The minimum absolute atomic E-state index is 0. The Morgan fingerprint density at radius 2 is 1.93 bits per heavy atom. The van der Waals surface area contributed by atoms with Gasteiger partial charge in [-0.1, -0.05) is 6.42 Å². The van der Waals surface area contributed by atoms with E-state index in [2.05, 4.69) is 10.6 Å². The Balaban J connectivity index is 0.00000392. The van der Waals surface area contributed by atoms with E-state index in [1.807, 2.05) is 0 Å². The van der Waals surface area contributed by atoms with E-state index in [-0.39, 0.29) is 29.8 Å². The molecule has 160 valence electrons. The molecule has 28 heavy (non-hydrogen) atoms. The second-order valence-electron chi connectivity index (χ2n) is 6.28. The molecule has 1 amide bonds. The molecule has 0 unspecified atom stereocenters. The lowest BCUT2D eigenvalue weighted by Gasteiger charge is -2.27. The Morgan fingerprint density at radius 1 is 1.21 bits per heavy atom. The molecular weight excluding hydrogens is 406 g/mol. The number of halogens is 1. The van der Waals surface area contributed by atoms with Crippen molar-refractivity contribution in [1.29, 1.82) is 0 Å². The van der Waals surface area contributed by atoms with Crippen LogP contribution in [0.3, 0.4) is 0 Å². The topological polar surface area (TPSA) is 97.0 Å². The lowest BCUT2D eigenvalue weighted by atomic mass is 10.2. The fourth-order valence-corrected chi connectivity index (χ4v) is 4.56. The zero-order chi connectivity index (χ0) is 19.7. The number of methoxy groups -OCH3 is 1. The van der Waals surface area contributed by atoms with Crippen molar-refractivity contribution in [1.82, 2.24) is 9.62 Å². The summed E-state index contributed by atoms with van der Waals surface area (Å²) < 4.78 is 38.1. The summed E-state index contributed by atoms with van der Waals surface area (Å²) in [6.07, 6.45) is 2.75. The molecule has 0 bridgehead atoms. The first-order chi connectivity index (χ1) is 13.0. The van der Waals surface area contributed by atoms with Crippen molar-refractivity contribution in [2.45, 2.75) is 31.1 Å². The molecule has 0 aromatic heterocycles. The van der Waals surface area contributed by atoms with Gasteiger partial charge in [0.25, 0.3) is 0 Å². The van der Waals surface area contributed by atoms with E-state index in [4.69, 9.17) is 9.47 Å². The molecule has 1 fully saturated rings. The third-order valence-electron chi connectivity index (χ3n) is 4.23. The third-order valence-corrected chi connectivity index (χ3v) is 6.15. The van der Waals surface area contributed by atoms with Crippen molar-refractivity contribution in [3.05, 3.63) is 18.2 Å². The van der Waals surface area contributed by atoms with Crippen LogP contribution in [0.4, 0.5) is 5.69 Å². The van der Waals surface area contributed by atoms with Crippen molar-refractivity contribution in [3.63, 3.8) is 0 Å². The molecule has 0 spiro atoms. The van der Waals surface area contributed by atoms with Crippen LogP contribution in [-0.2, 0) is 19.6 Å². The Bertz CT molecular complexity index is 724. The summed E-state index contributed by atoms with van der Waals surface area (Å²) in [6.45, 7) is 4.36. The van der Waals surface area contributed by atoms with Gasteiger partial charge in [0.05, 0.1) is 19.8 Å². The molecule has 2 N–H and O–H groups in total. The number of anilines is 1. The number of hydrogen-bond donors (Lipinski definition) is 2. The standard InChI is InChI=1S/C18H29N3O5S.ClH/c1-3-26-16-8-7-15(20-18(22)14-19-9-12-25-2)13-17(16)27(23,24)21-10-5-4-6-11-21;/h7-8,13,19H,3-6,9-12,14H2,1-2H3,(H,20,22);1H. The molecule has 0 atom stereocenters. The number of carbonyl (C=O) groups excluding carboxylic acids is 1. The number of nitrogens with one attached hydrogen (secondary N) is 2. The largest absolute Gasteiger partial charge is 0.492 e. The van der Waals surface area contributed by atoms with E-state index in [0.717, 1.165) is 19.3 Å². The number of sulfonamides is 1. The van der Waals surface area contributed by atoms with Crippen LogP contribution in [0.5, 0.6) is 5.75 Å². The van der Waals surface area contributed by atoms with Crippen molar-refractivity contribution >= 4 is 34.0 Å². The summed E-state index contributed by atoms with van der Waals surface area (Å²) in [5, 5.41) is 5.67. The number of rotatable bonds is 10. The molecular formula is C18H30ClN3O5S. The normalized spacial score (nSPS) is 14.9. The molecule has 0 aliphatic carbocycles. The van der Waals surface area contributed by atoms with Crippen molar-refractivity contribution in [2.24, 2.45) is 0 Å². The van der Waals surface area contributed by atoms with E-state index in [1.54, 1.807) is 26.2 Å². The minimum atomic E-state index is -3.67. The van der Waals surface area contributed by atoms with Gasteiger partial charge in [0, 0.05) is 32.4 Å². The number of carbonyl (C=O) groups is 1. The lowest BCUT2D eigenvalue weighted by Crippen LogP contribution is -2.36. The van der Waals surface area contributed by atoms with Gasteiger partial charge in [-0.05, 0) is 38.0 Å². The number of benzene rings is 1. The molecule has 0 radical (unpaired) electrons. The van der Waals surface area contributed by atoms with Crippen LogP contribution in [-0.4, -0.2) is 65.1 Å². The molecule has 1 saturated heterocycles. The van der Waals surface area contributed by atoms with Gasteiger partial charge < -0.3 is 20.1 Å². The second kappa shape index (κ2) is 12.2. The molecule has 1 heterocycles. The van der Waals surface area contributed by atoms with E-state index < -0.39 is 10.0 Å². The molecule has 8 nitrogen and oxygen atoms in total. The Kier molecular flexibility index (Phi) is 10.8. The van der Waals surface area contributed by atoms with Crippen molar-refractivity contribution in [2.75, 3.05) is 51.8 Å². The van der Waals surface area contributed by atoms with Crippen LogP contribution < -0.4 is 15.4 Å². The molecule has 1 aliphatic heterocycles. The summed E-state index contributed by atoms with van der Waals surface area (Å²) in [5.74, 6) is 0.0517. The van der Waals surface area contributed by atoms with Crippen LogP contribution in [0.2, 0.25) is 0 Å². The maximum absolute atomic E-state index is 13.1. The maximum Gasteiger partial charge on any atom is 0.246 e. The number of nitrogens with zero attached hydrogens (tertiary/aromatic N) is 1. The summed E-state index contributed by atoms with van der Waals surface area (Å²) in [5.41, 5.74) is 0.424. The predicted molar refractivity (Wildman–Crippen MR) is 111 cm³/mol. The Labute approximate surface area is 173 Å². The number of hydrogen-bond acceptors (Lipinski definition) is 6. The lowest BCUT2D eigenvalue weighted by molar-refractivity contribution is -0.115. The molecule has 1 aliphatic rings. The first-order valence-electron chi connectivity index (χ1n) is 9.25. The van der Waals surface area contributed by atoms with E-state index in [9.17, 15) is 13.2 Å². The zero-order valence-corrected chi connectivity index (χ0v) is 18.0. The number of amides is 1. The van der Waals surface area contributed by atoms with E-state index in [0.29, 0.717) is 44.3 Å². The molecule has 1 aromatic carbocycles. The van der Waals surface area contributed by atoms with Gasteiger partial charge in [0.15, 0.2) is 0 Å². The van der Waals surface area contributed by atoms with E-state index in [1.165, 1.54) is 10.4 Å².